The smallest absolute Gasteiger partial charge is 0.300 e. The number of ketones is 1. The molecule has 0 spiro atoms. The summed E-state index contributed by atoms with van der Waals surface area (Å²) < 4.78 is 0. The van der Waals surface area contributed by atoms with E-state index in [-0.39, 0.29) is 17.1 Å². The fourth-order valence-electron chi connectivity index (χ4n) is 3.41. The van der Waals surface area contributed by atoms with Gasteiger partial charge in [-0.2, -0.15) is 0 Å². The Labute approximate surface area is 161 Å². The summed E-state index contributed by atoms with van der Waals surface area (Å²) >= 11 is 0. The standard InChI is InChI=1S/C23H17NO4/c25-18-13-11-17(12-14-18)24-20(15-7-3-1-4-8-15)19(22(27)23(24)28)21(26)16-9-5-2-6-10-16/h1-14,20,25-26H. The van der Waals surface area contributed by atoms with Crippen molar-refractivity contribution < 1.29 is 19.8 Å². The second kappa shape index (κ2) is 7.04. The summed E-state index contributed by atoms with van der Waals surface area (Å²) in [7, 11) is 0. The van der Waals surface area contributed by atoms with Gasteiger partial charge in [0.05, 0.1) is 11.6 Å². The quantitative estimate of drug-likeness (QED) is 0.414. The summed E-state index contributed by atoms with van der Waals surface area (Å²) in [6.45, 7) is 0. The molecule has 1 saturated heterocycles. The highest BCUT2D eigenvalue weighted by Gasteiger charge is 2.46. The van der Waals surface area contributed by atoms with Crippen molar-refractivity contribution in [3.8, 4) is 5.75 Å². The normalized spacial score (nSPS) is 18.4. The van der Waals surface area contributed by atoms with Gasteiger partial charge in [0.1, 0.15) is 11.5 Å². The number of amides is 1. The van der Waals surface area contributed by atoms with E-state index in [0.717, 1.165) is 0 Å². The van der Waals surface area contributed by atoms with Crippen LogP contribution in [0.2, 0.25) is 0 Å². The molecule has 0 radical (unpaired) electrons. The van der Waals surface area contributed by atoms with Gasteiger partial charge in [-0.1, -0.05) is 60.7 Å². The van der Waals surface area contributed by atoms with Crippen molar-refractivity contribution in [3.05, 3.63) is 102 Å². The lowest BCUT2D eigenvalue weighted by molar-refractivity contribution is -0.132. The van der Waals surface area contributed by atoms with Gasteiger partial charge in [-0.15, -0.1) is 0 Å². The van der Waals surface area contributed by atoms with E-state index in [1.165, 1.54) is 17.0 Å². The molecule has 0 bridgehead atoms. The molecule has 0 saturated carbocycles. The zero-order valence-corrected chi connectivity index (χ0v) is 14.8. The molecule has 138 valence electrons. The minimum Gasteiger partial charge on any atom is -0.508 e. The number of aliphatic hydroxyl groups excluding tert-OH is 1. The first kappa shape index (κ1) is 17.5. The molecule has 1 atom stereocenters. The van der Waals surface area contributed by atoms with Crippen LogP contribution in [-0.4, -0.2) is 21.9 Å². The van der Waals surface area contributed by atoms with Gasteiger partial charge in [0.2, 0.25) is 0 Å². The Balaban J connectivity index is 1.94. The van der Waals surface area contributed by atoms with Gasteiger partial charge < -0.3 is 10.2 Å². The summed E-state index contributed by atoms with van der Waals surface area (Å²) in [4.78, 5) is 27.1. The van der Waals surface area contributed by atoms with Crippen LogP contribution >= 0.6 is 0 Å². The lowest BCUT2D eigenvalue weighted by Crippen LogP contribution is -2.29. The monoisotopic (exact) mass is 371 g/mol. The third-order valence-corrected chi connectivity index (χ3v) is 4.73. The van der Waals surface area contributed by atoms with E-state index >= 15 is 0 Å². The van der Waals surface area contributed by atoms with E-state index < -0.39 is 17.7 Å². The van der Waals surface area contributed by atoms with E-state index in [2.05, 4.69) is 0 Å². The maximum Gasteiger partial charge on any atom is 0.300 e. The van der Waals surface area contributed by atoms with E-state index in [4.69, 9.17) is 0 Å². The molecule has 0 aromatic heterocycles. The molecule has 3 aromatic rings. The second-order valence-electron chi connectivity index (χ2n) is 6.46. The predicted molar refractivity (Wildman–Crippen MR) is 106 cm³/mol. The minimum atomic E-state index is -0.772. The minimum absolute atomic E-state index is 0.0375. The van der Waals surface area contributed by atoms with Crippen LogP contribution in [0, 0.1) is 0 Å². The molecule has 4 rings (SSSR count). The van der Waals surface area contributed by atoms with Crippen LogP contribution in [0.3, 0.4) is 0 Å². The average molecular weight is 371 g/mol. The number of aliphatic hydroxyl groups is 1. The number of rotatable bonds is 3. The number of anilines is 1. The fraction of sp³-hybridized carbons (Fsp3) is 0.0435. The first-order valence-electron chi connectivity index (χ1n) is 8.78. The summed E-state index contributed by atoms with van der Waals surface area (Å²) in [5.41, 5.74) is 1.66. The highest BCUT2D eigenvalue weighted by Crippen LogP contribution is 2.42. The fourth-order valence-corrected chi connectivity index (χ4v) is 3.41. The topological polar surface area (TPSA) is 77.8 Å². The Morgan fingerprint density at radius 3 is 1.96 bits per heavy atom. The van der Waals surface area contributed by atoms with Crippen molar-refractivity contribution >= 4 is 23.1 Å². The van der Waals surface area contributed by atoms with Crippen molar-refractivity contribution in [2.75, 3.05) is 4.90 Å². The maximum absolute atomic E-state index is 12.9. The average Bonchev–Trinajstić information content (AvgIpc) is 3.00. The lowest BCUT2D eigenvalue weighted by Gasteiger charge is -2.25. The lowest BCUT2D eigenvalue weighted by atomic mass is 9.95. The van der Waals surface area contributed by atoms with E-state index in [1.807, 2.05) is 30.3 Å². The van der Waals surface area contributed by atoms with Crippen LogP contribution in [0.5, 0.6) is 5.75 Å². The second-order valence-corrected chi connectivity index (χ2v) is 6.46. The molecule has 5 heteroatoms. The molecule has 2 N–H and O–H groups in total. The Bertz CT molecular complexity index is 1060. The summed E-state index contributed by atoms with van der Waals surface area (Å²) in [5.74, 6) is -1.63. The molecule has 1 aliphatic rings. The molecule has 5 nitrogen and oxygen atoms in total. The Morgan fingerprint density at radius 1 is 0.786 bits per heavy atom. The van der Waals surface area contributed by atoms with Crippen molar-refractivity contribution in [2.24, 2.45) is 0 Å². The third kappa shape index (κ3) is 2.93. The Kier molecular flexibility index (Phi) is 4.41. The highest BCUT2D eigenvalue weighted by molar-refractivity contribution is 6.51. The van der Waals surface area contributed by atoms with Crippen LogP contribution < -0.4 is 4.90 Å². The summed E-state index contributed by atoms with van der Waals surface area (Å²) in [6.07, 6.45) is 0. The molecule has 0 aliphatic carbocycles. The predicted octanol–water partition coefficient (Wildman–Crippen LogP) is 4.02. The van der Waals surface area contributed by atoms with Crippen LogP contribution in [0.15, 0.2) is 90.5 Å². The Morgan fingerprint density at radius 2 is 1.36 bits per heavy atom. The van der Waals surface area contributed by atoms with E-state index in [1.54, 1.807) is 42.5 Å². The molecule has 1 amide bonds. The number of phenols is 1. The number of hydrogen-bond acceptors (Lipinski definition) is 4. The van der Waals surface area contributed by atoms with Crippen molar-refractivity contribution in [1.29, 1.82) is 0 Å². The van der Waals surface area contributed by atoms with Gasteiger partial charge >= 0.3 is 0 Å². The van der Waals surface area contributed by atoms with Gasteiger partial charge in [0, 0.05) is 11.3 Å². The molecule has 1 unspecified atom stereocenters. The van der Waals surface area contributed by atoms with Gasteiger partial charge in [0.15, 0.2) is 0 Å². The van der Waals surface area contributed by atoms with Gasteiger partial charge in [0.25, 0.3) is 11.7 Å². The van der Waals surface area contributed by atoms with Crippen molar-refractivity contribution in [3.63, 3.8) is 0 Å². The number of carbonyl (C=O) groups excluding carboxylic acids is 2. The maximum atomic E-state index is 12.9. The first-order valence-corrected chi connectivity index (χ1v) is 8.78. The van der Waals surface area contributed by atoms with Crippen molar-refractivity contribution in [1.82, 2.24) is 0 Å². The Hall–Kier alpha value is -3.86. The SMILES string of the molecule is O=C1C(=O)N(c2ccc(O)cc2)C(c2ccccc2)C1=C(O)c1ccccc1. The van der Waals surface area contributed by atoms with Crippen LogP contribution in [0.1, 0.15) is 17.2 Å². The van der Waals surface area contributed by atoms with Gasteiger partial charge in [-0.3, -0.25) is 14.5 Å². The largest absolute Gasteiger partial charge is 0.508 e. The van der Waals surface area contributed by atoms with Gasteiger partial charge in [-0.05, 0) is 29.8 Å². The molecule has 28 heavy (non-hydrogen) atoms. The van der Waals surface area contributed by atoms with E-state index in [9.17, 15) is 19.8 Å². The number of carbonyl (C=O) groups is 2. The molecule has 1 heterocycles. The number of Topliss-reactive ketones (excluding diaryl/α,β-unsaturated/α-hetero) is 1. The zero-order chi connectivity index (χ0) is 19.7. The van der Waals surface area contributed by atoms with Crippen molar-refractivity contribution in [2.45, 2.75) is 6.04 Å². The number of benzene rings is 3. The van der Waals surface area contributed by atoms with E-state index in [0.29, 0.717) is 16.8 Å². The van der Waals surface area contributed by atoms with Crippen LogP contribution in [0.25, 0.3) is 5.76 Å². The van der Waals surface area contributed by atoms with Crippen LogP contribution in [0.4, 0.5) is 5.69 Å². The number of hydrogen-bond donors (Lipinski definition) is 2. The zero-order valence-electron chi connectivity index (χ0n) is 14.8. The molecule has 3 aromatic carbocycles. The first-order chi connectivity index (χ1) is 13.6. The molecular weight excluding hydrogens is 354 g/mol. The summed E-state index contributed by atoms with van der Waals surface area (Å²) in [5, 5.41) is 20.5. The third-order valence-electron chi connectivity index (χ3n) is 4.73. The molecule has 1 fully saturated rings. The number of aromatic hydroxyl groups is 1. The number of phenolic OH excluding ortho intramolecular Hbond substituents is 1. The van der Waals surface area contributed by atoms with Crippen LogP contribution in [-0.2, 0) is 9.59 Å². The molecule has 1 aliphatic heterocycles. The van der Waals surface area contributed by atoms with Gasteiger partial charge in [-0.25, -0.2) is 0 Å². The molecular formula is C23H17NO4. The highest BCUT2D eigenvalue weighted by atomic mass is 16.3. The summed E-state index contributed by atoms with van der Waals surface area (Å²) in [6, 6.07) is 23.0. The number of nitrogens with zero attached hydrogens (tertiary/aromatic N) is 1.